The molecule has 5 atom stereocenters. The average molecular weight is 264 g/mol. The highest BCUT2D eigenvalue weighted by Gasteiger charge is 2.40. The monoisotopic (exact) mass is 264 g/mol. The van der Waals surface area contributed by atoms with Gasteiger partial charge >= 0.3 is 0 Å². The molecule has 0 spiro atoms. The second-order valence-electron chi connectivity index (χ2n) is 7.39. The predicted molar refractivity (Wildman–Crippen MR) is 81.3 cm³/mol. The summed E-state index contributed by atoms with van der Waals surface area (Å²) in [4.78, 5) is 2.72. The van der Waals surface area contributed by atoms with Crippen molar-refractivity contribution >= 4 is 0 Å². The fourth-order valence-corrected chi connectivity index (χ4v) is 5.24. The first-order valence-electron chi connectivity index (χ1n) is 8.71. The Morgan fingerprint density at radius 3 is 2.58 bits per heavy atom. The van der Waals surface area contributed by atoms with Gasteiger partial charge in [0.25, 0.3) is 0 Å². The van der Waals surface area contributed by atoms with E-state index >= 15 is 0 Å². The molecular formula is C17H32N2. The molecular weight excluding hydrogens is 232 g/mol. The Morgan fingerprint density at radius 2 is 1.89 bits per heavy atom. The van der Waals surface area contributed by atoms with E-state index in [1.165, 1.54) is 51.5 Å². The summed E-state index contributed by atoms with van der Waals surface area (Å²) in [7, 11) is 2.40. The zero-order valence-electron chi connectivity index (χ0n) is 12.9. The summed E-state index contributed by atoms with van der Waals surface area (Å²) in [6.07, 6.45) is 11.8. The normalized spacial score (nSPS) is 42.2. The Kier molecular flexibility index (Phi) is 4.48. The molecule has 0 amide bonds. The largest absolute Gasteiger partial charge is 0.313 e. The molecule has 0 saturated heterocycles. The molecule has 2 bridgehead atoms. The number of likely N-dealkylation sites (N-methyl/N-ethyl adjacent to an activating group) is 2. The standard InChI is InChI=1S/C17H32N2/c1-3-18-16-6-4-5-7-17(16)19(2)12-15-11-13-8-9-14(15)10-13/h13-18H,3-12H2,1-2H3. The number of fused-ring (bicyclic) bond motifs is 2. The van der Waals surface area contributed by atoms with Gasteiger partial charge in [0.15, 0.2) is 0 Å². The first-order valence-corrected chi connectivity index (χ1v) is 8.71. The lowest BCUT2D eigenvalue weighted by Gasteiger charge is -2.40. The van der Waals surface area contributed by atoms with Crippen LogP contribution in [-0.2, 0) is 0 Å². The lowest BCUT2D eigenvalue weighted by atomic mass is 9.85. The van der Waals surface area contributed by atoms with Gasteiger partial charge in [-0.05, 0) is 63.5 Å². The van der Waals surface area contributed by atoms with Crippen LogP contribution in [0, 0.1) is 17.8 Å². The average Bonchev–Trinajstić information content (AvgIpc) is 3.02. The van der Waals surface area contributed by atoms with Crippen molar-refractivity contribution in [3.63, 3.8) is 0 Å². The van der Waals surface area contributed by atoms with Gasteiger partial charge in [0, 0.05) is 18.6 Å². The molecule has 0 radical (unpaired) electrons. The van der Waals surface area contributed by atoms with Gasteiger partial charge in [0.2, 0.25) is 0 Å². The highest BCUT2D eigenvalue weighted by atomic mass is 15.2. The Bertz CT molecular complexity index is 289. The molecule has 1 N–H and O–H groups in total. The van der Waals surface area contributed by atoms with Crippen LogP contribution in [0.4, 0.5) is 0 Å². The van der Waals surface area contributed by atoms with Gasteiger partial charge < -0.3 is 10.2 Å². The van der Waals surface area contributed by atoms with Crippen molar-refractivity contribution in [2.45, 2.75) is 70.4 Å². The molecule has 0 aromatic rings. The number of hydrogen-bond donors (Lipinski definition) is 1. The van der Waals surface area contributed by atoms with Gasteiger partial charge in [0.05, 0.1) is 0 Å². The van der Waals surface area contributed by atoms with Crippen molar-refractivity contribution in [3.8, 4) is 0 Å². The number of hydrogen-bond acceptors (Lipinski definition) is 2. The van der Waals surface area contributed by atoms with Crippen LogP contribution in [0.2, 0.25) is 0 Å². The minimum atomic E-state index is 0.752. The fourth-order valence-electron chi connectivity index (χ4n) is 5.24. The molecule has 5 unspecified atom stereocenters. The number of nitrogens with one attached hydrogen (secondary N) is 1. The van der Waals surface area contributed by atoms with E-state index in [2.05, 4.69) is 24.2 Å². The highest BCUT2D eigenvalue weighted by Crippen LogP contribution is 2.48. The third kappa shape index (κ3) is 3.00. The second kappa shape index (κ2) is 6.13. The number of rotatable bonds is 5. The molecule has 0 aliphatic heterocycles. The van der Waals surface area contributed by atoms with Crippen LogP contribution < -0.4 is 5.32 Å². The Balaban J connectivity index is 1.54. The van der Waals surface area contributed by atoms with E-state index in [4.69, 9.17) is 0 Å². The molecule has 2 heteroatoms. The topological polar surface area (TPSA) is 15.3 Å². The summed E-state index contributed by atoms with van der Waals surface area (Å²) < 4.78 is 0. The second-order valence-corrected chi connectivity index (χ2v) is 7.39. The van der Waals surface area contributed by atoms with Gasteiger partial charge in [-0.25, -0.2) is 0 Å². The van der Waals surface area contributed by atoms with E-state index in [9.17, 15) is 0 Å². The van der Waals surface area contributed by atoms with Crippen LogP contribution in [0.15, 0.2) is 0 Å². The van der Waals surface area contributed by atoms with E-state index in [-0.39, 0.29) is 0 Å². The number of nitrogens with zero attached hydrogens (tertiary/aromatic N) is 1. The SMILES string of the molecule is CCNC1CCCCC1N(C)CC1CC2CCC1C2. The van der Waals surface area contributed by atoms with Crippen LogP contribution in [0.5, 0.6) is 0 Å². The summed E-state index contributed by atoms with van der Waals surface area (Å²) in [6, 6.07) is 1.55. The molecule has 3 saturated carbocycles. The maximum atomic E-state index is 3.73. The van der Waals surface area contributed by atoms with Crippen molar-refractivity contribution in [3.05, 3.63) is 0 Å². The smallest absolute Gasteiger partial charge is 0.0246 e. The van der Waals surface area contributed by atoms with Crippen LogP contribution in [0.25, 0.3) is 0 Å². The molecule has 0 heterocycles. The molecule has 3 aliphatic rings. The zero-order valence-corrected chi connectivity index (χ0v) is 12.9. The van der Waals surface area contributed by atoms with E-state index < -0.39 is 0 Å². The minimum Gasteiger partial charge on any atom is -0.313 e. The predicted octanol–water partition coefficient (Wildman–Crippen LogP) is 3.28. The van der Waals surface area contributed by atoms with Crippen LogP contribution in [-0.4, -0.2) is 37.1 Å². The van der Waals surface area contributed by atoms with E-state index in [0.29, 0.717) is 0 Å². The lowest BCUT2D eigenvalue weighted by Crippen LogP contribution is -2.51. The van der Waals surface area contributed by atoms with Crippen molar-refractivity contribution in [2.75, 3.05) is 20.1 Å². The van der Waals surface area contributed by atoms with Crippen molar-refractivity contribution in [2.24, 2.45) is 17.8 Å². The van der Waals surface area contributed by atoms with Gasteiger partial charge in [0.1, 0.15) is 0 Å². The maximum Gasteiger partial charge on any atom is 0.0246 e. The fraction of sp³-hybridized carbons (Fsp3) is 1.00. The molecule has 110 valence electrons. The van der Waals surface area contributed by atoms with E-state index in [0.717, 1.165) is 36.4 Å². The lowest BCUT2D eigenvalue weighted by molar-refractivity contribution is 0.116. The Morgan fingerprint density at radius 1 is 1.05 bits per heavy atom. The molecule has 0 aromatic carbocycles. The highest BCUT2D eigenvalue weighted by molar-refractivity contribution is 4.93. The molecule has 19 heavy (non-hydrogen) atoms. The first kappa shape index (κ1) is 13.9. The van der Waals surface area contributed by atoms with Gasteiger partial charge in [-0.2, -0.15) is 0 Å². The summed E-state index contributed by atoms with van der Waals surface area (Å²) in [5, 5.41) is 3.73. The third-order valence-electron chi connectivity index (χ3n) is 6.17. The molecule has 2 nitrogen and oxygen atoms in total. The van der Waals surface area contributed by atoms with Gasteiger partial charge in [-0.15, -0.1) is 0 Å². The van der Waals surface area contributed by atoms with Gasteiger partial charge in [-0.1, -0.05) is 26.2 Å². The molecule has 3 rings (SSSR count). The van der Waals surface area contributed by atoms with Crippen LogP contribution in [0.1, 0.15) is 58.3 Å². The van der Waals surface area contributed by atoms with Crippen molar-refractivity contribution in [1.82, 2.24) is 10.2 Å². The van der Waals surface area contributed by atoms with Crippen LogP contribution >= 0.6 is 0 Å². The van der Waals surface area contributed by atoms with Crippen molar-refractivity contribution in [1.29, 1.82) is 0 Å². The Hall–Kier alpha value is -0.0800. The van der Waals surface area contributed by atoms with Gasteiger partial charge in [-0.3, -0.25) is 0 Å². The minimum absolute atomic E-state index is 0.752. The summed E-state index contributed by atoms with van der Waals surface area (Å²) in [5.74, 6) is 3.20. The summed E-state index contributed by atoms with van der Waals surface area (Å²) in [5.41, 5.74) is 0. The summed E-state index contributed by atoms with van der Waals surface area (Å²) >= 11 is 0. The zero-order chi connectivity index (χ0) is 13.2. The molecule has 0 aromatic heterocycles. The quantitative estimate of drug-likeness (QED) is 0.820. The van der Waals surface area contributed by atoms with Crippen LogP contribution in [0.3, 0.4) is 0 Å². The first-order chi connectivity index (χ1) is 9.28. The molecule has 3 aliphatic carbocycles. The Labute approximate surface area is 119 Å². The molecule has 3 fully saturated rings. The summed E-state index contributed by atoms with van der Waals surface area (Å²) in [6.45, 7) is 4.75. The van der Waals surface area contributed by atoms with Crippen molar-refractivity contribution < 1.29 is 0 Å². The third-order valence-corrected chi connectivity index (χ3v) is 6.17. The van der Waals surface area contributed by atoms with E-state index in [1.807, 2.05) is 0 Å². The van der Waals surface area contributed by atoms with E-state index in [1.54, 1.807) is 6.42 Å². The maximum absolute atomic E-state index is 3.73.